The first kappa shape index (κ1) is 23.0. The number of hydrogen-bond donors (Lipinski definition) is 0. The van der Waals surface area contributed by atoms with E-state index in [1.165, 1.54) is 38.5 Å². The van der Waals surface area contributed by atoms with Crippen LogP contribution in [-0.4, -0.2) is 6.16 Å². The van der Waals surface area contributed by atoms with Crippen LogP contribution in [0.5, 0.6) is 11.5 Å². The third-order valence-electron chi connectivity index (χ3n) is 5.18. The predicted molar refractivity (Wildman–Crippen MR) is 120 cm³/mol. The van der Waals surface area contributed by atoms with Gasteiger partial charge in [-0.3, -0.25) is 0 Å². The maximum atomic E-state index is 12.4. The average Bonchev–Trinajstić information content (AvgIpc) is 2.73. The number of carbonyl (C=O) groups excluding carboxylic acids is 1. The van der Waals surface area contributed by atoms with E-state index in [0.29, 0.717) is 11.5 Å². The van der Waals surface area contributed by atoms with Crippen LogP contribution in [-0.2, 0) is 12.8 Å². The summed E-state index contributed by atoms with van der Waals surface area (Å²) in [6, 6.07) is 15.5. The molecule has 0 amide bonds. The molecule has 29 heavy (non-hydrogen) atoms. The van der Waals surface area contributed by atoms with E-state index in [4.69, 9.17) is 9.47 Å². The second kappa shape index (κ2) is 13.8. The fraction of sp³-hybridized carbons (Fsp3) is 0.500. The fourth-order valence-electron chi connectivity index (χ4n) is 3.46. The number of aryl methyl sites for hydroxylation is 2. The van der Waals surface area contributed by atoms with Gasteiger partial charge in [0.25, 0.3) is 0 Å². The summed E-state index contributed by atoms with van der Waals surface area (Å²) in [5.41, 5.74) is 2.11. The largest absolute Gasteiger partial charge is 0.519 e. The van der Waals surface area contributed by atoms with Gasteiger partial charge in [0, 0.05) is 0 Å². The van der Waals surface area contributed by atoms with Gasteiger partial charge >= 0.3 is 6.16 Å². The molecule has 0 aliphatic heterocycles. The third kappa shape index (κ3) is 8.72. The lowest BCUT2D eigenvalue weighted by Gasteiger charge is -2.12. The smallest absolute Gasteiger partial charge is 0.394 e. The molecule has 0 atom stereocenters. The van der Waals surface area contributed by atoms with E-state index >= 15 is 0 Å². The maximum absolute atomic E-state index is 12.4. The molecule has 3 nitrogen and oxygen atoms in total. The molecule has 3 heteroatoms. The lowest BCUT2D eigenvalue weighted by molar-refractivity contribution is 0.151. The van der Waals surface area contributed by atoms with Crippen LogP contribution < -0.4 is 9.47 Å². The van der Waals surface area contributed by atoms with Crippen molar-refractivity contribution in [1.82, 2.24) is 0 Å². The molecule has 0 radical (unpaired) electrons. The van der Waals surface area contributed by atoms with Gasteiger partial charge in [0.05, 0.1) is 0 Å². The summed E-state index contributed by atoms with van der Waals surface area (Å²) in [7, 11) is 0. The van der Waals surface area contributed by atoms with Gasteiger partial charge in [-0.15, -0.1) is 0 Å². The van der Waals surface area contributed by atoms with E-state index < -0.39 is 6.16 Å². The molecule has 0 spiro atoms. The van der Waals surface area contributed by atoms with Gasteiger partial charge in [-0.1, -0.05) is 95.2 Å². The van der Waals surface area contributed by atoms with Crippen LogP contribution in [0.2, 0.25) is 0 Å². The zero-order chi connectivity index (χ0) is 20.7. The monoisotopic (exact) mass is 396 g/mol. The van der Waals surface area contributed by atoms with Gasteiger partial charge in [-0.05, 0) is 48.9 Å². The van der Waals surface area contributed by atoms with E-state index in [2.05, 4.69) is 13.8 Å². The SMILES string of the molecule is CCCCCCCCCc1ccccc1OC(=O)Oc1ccccc1CCCC. The number of unbranched alkanes of at least 4 members (excludes halogenated alkanes) is 7. The Labute approximate surface area is 176 Å². The summed E-state index contributed by atoms with van der Waals surface area (Å²) >= 11 is 0. The molecule has 0 fully saturated rings. The molecule has 2 aromatic carbocycles. The van der Waals surface area contributed by atoms with Crippen LogP contribution in [0.1, 0.15) is 82.8 Å². The fourth-order valence-corrected chi connectivity index (χ4v) is 3.46. The van der Waals surface area contributed by atoms with E-state index in [1.807, 2.05) is 48.5 Å². The second-order valence-corrected chi connectivity index (χ2v) is 7.64. The van der Waals surface area contributed by atoms with Crippen molar-refractivity contribution in [2.75, 3.05) is 0 Å². The Morgan fingerprint density at radius 1 is 0.621 bits per heavy atom. The standard InChI is InChI=1S/C26H36O3/c1-3-5-7-8-9-10-11-17-23-19-13-15-21-25(23)29-26(27)28-24-20-14-12-18-22(24)16-6-4-2/h12-15,18-21H,3-11,16-17H2,1-2H3. The van der Waals surface area contributed by atoms with Crippen LogP contribution >= 0.6 is 0 Å². The highest BCUT2D eigenvalue weighted by molar-refractivity contribution is 5.68. The number of rotatable bonds is 13. The summed E-state index contributed by atoms with van der Waals surface area (Å²) in [4.78, 5) is 12.4. The number of para-hydroxylation sites is 2. The lowest BCUT2D eigenvalue weighted by atomic mass is 10.0. The van der Waals surface area contributed by atoms with Crippen molar-refractivity contribution < 1.29 is 14.3 Å². The Balaban J connectivity index is 1.86. The first-order chi connectivity index (χ1) is 14.2. The summed E-state index contributed by atoms with van der Waals surface area (Å²) < 4.78 is 11.1. The third-order valence-corrected chi connectivity index (χ3v) is 5.18. The van der Waals surface area contributed by atoms with Crippen molar-refractivity contribution in [3.8, 4) is 11.5 Å². The van der Waals surface area contributed by atoms with Crippen molar-refractivity contribution in [1.29, 1.82) is 0 Å². The molecule has 0 aliphatic rings. The molecule has 0 saturated heterocycles. The number of benzene rings is 2. The molecule has 0 heterocycles. The summed E-state index contributed by atoms with van der Waals surface area (Å²) in [5, 5.41) is 0. The minimum absolute atomic E-state index is 0.593. The molecule has 0 saturated carbocycles. The normalized spacial score (nSPS) is 10.7. The highest BCUT2D eigenvalue weighted by Gasteiger charge is 2.13. The molecule has 2 aromatic rings. The molecule has 0 aromatic heterocycles. The Bertz CT molecular complexity index is 723. The van der Waals surface area contributed by atoms with Crippen molar-refractivity contribution in [3.63, 3.8) is 0 Å². The zero-order valence-corrected chi connectivity index (χ0v) is 18.1. The van der Waals surface area contributed by atoms with E-state index in [9.17, 15) is 4.79 Å². The minimum atomic E-state index is -0.666. The molecule has 0 unspecified atom stereocenters. The maximum Gasteiger partial charge on any atom is 0.519 e. The van der Waals surface area contributed by atoms with Crippen molar-refractivity contribution in [2.45, 2.75) is 84.5 Å². The van der Waals surface area contributed by atoms with Gasteiger partial charge < -0.3 is 9.47 Å². The van der Waals surface area contributed by atoms with E-state index in [0.717, 1.165) is 43.2 Å². The highest BCUT2D eigenvalue weighted by Crippen LogP contribution is 2.24. The molecular weight excluding hydrogens is 360 g/mol. The lowest BCUT2D eigenvalue weighted by Crippen LogP contribution is -2.15. The van der Waals surface area contributed by atoms with Gasteiger partial charge in [0.2, 0.25) is 0 Å². The van der Waals surface area contributed by atoms with Crippen molar-refractivity contribution in [2.24, 2.45) is 0 Å². The summed E-state index contributed by atoms with van der Waals surface area (Å²) in [6.07, 6.45) is 12.2. The molecule has 158 valence electrons. The van der Waals surface area contributed by atoms with E-state index in [-0.39, 0.29) is 0 Å². The predicted octanol–water partition coefficient (Wildman–Crippen LogP) is 7.90. The highest BCUT2D eigenvalue weighted by atomic mass is 16.7. The average molecular weight is 397 g/mol. The molecule has 0 N–H and O–H groups in total. The van der Waals surface area contributed by atoms with Gasteiger partial charge in [-0.2, -0.15) is 0 Å². The van der Waals surface area contributed by atoms with Crippen LogP contribution in [0.15, 0.2) is 48.5 Å². The number of carbonyl (C=O) groups is 1. The zero-order valence-electron chi connectivity index (χ0n) is 18.1. The number of ether oxygens (including phenoxy) is 2. The Morgan fingerprint density at radius 3 is 1.62 bits per heavy atom. The number of hydrogen-bond acceptors (Lipinski definition) is 3. The molecule has 2 rings (SSSR count). The van der Waals surface area contributed by atoms with Crippen LogP contribution in [0.25, 0.3) is 0 Å². The molecule has 0 aliphatic carbocycles. The van der Waals surface area contributed by atoms with Crippen LogP contribution in [0.4, 0.5) is 4.79 Å². The minimum Gasteiger partial charge on any atom is -0.394 e. The Kier molecular flexibility index (Phi) is 11.0. The van der Waals surface area contributed by atoms with Crippen LogP contribution in [0, 0.1) is 0 Å². The van der Waals surface area contributed by atoms with Gasteiger partial charge in [-0.25, -0.2) is 4.79 Å². The second-order valence-electron chi connectivity index (χ2n) is 7.64. The van der Waals surface area contributed by atoms with Gasteiger partial charge in [0.15, 0.2) is 0 Å². The van der Waals surface area contributed by atoms with Gasteiger partial charge in [0.1, 0.15) is 11.5 Å². The molecular formula is C26H36O3. The topological polar surface area (TPSA) is 35.5 Å². The quantitative estimate of drug-likeness (QED) is 0.196. The summed E-state index contributed by atoms with van der Waals surface area (Å²) in [5.74, 6) is 1.20. The van der Waals surface area contributed by atoms with Crippen molar-refractivity contribution >= 4 is 6.16 Å². The summed E-state index contributed by atoms with van der Waals surface area (Å²) in [6.45, 7) is 4.39. The van der Waals surface area contributed by atoms with Crippen LogP contribution in [0.3, 0.4) is 0 Å². The van der Waals surface area contributed by atoms with Crippen molar-refractivity contribution in [3.05, 3.63) is 59.7 Å². The first-order valence-electron chi connectivity index (χ1n) is 11.3. The molecule has 0 bridgehead atoms. The van der Waals surface area contributed by atoms with E-state index in [1.54, 1.807) is 0 Å². The Hall–Kier alpha value is -2.29. The first-order valence-corrected chi connectivity index (χ1v) is 11.3. The Morgan fingerprint density at radius 2 is 1.07 bits per heavy atom.